The smallest absolute Gasteiger partial charge is 0.265 e. The van der Waals surface area contributed by atoms with Crippen LogP contribution in [0.1, 0.15) is 11.1 Å². The molecular weight excluding hydrogens is 314 g/mol. The Morgan fingerprint density at radius 1 is 1.24 bits per heavy atom. The fraction of sp³-hybridized carbons (Fsp3) is 0.0526. The number of benzene rings is 1. The van der Waals surface area contributed by atoms with Crippen molar-refractivity contribution < 1.29 is 0 Å². The molecule has 0 unspecified atom stereocenters. The van der Waals surface area contributed by atoms with Crippen molar-refractivity contribution in [2.75, 3.05) is 5.32 Å². The predicted octanol–water partition coefficient (Wildman–Crippen LogP) is 1.99. The van der Waals surface area contributed by atoms with E-state index in [1.807, 2.05) is 30.3 Å². The lowest BCUT2D eigenvalue weighted by atomic mass is 10.1. The first-order chi connectivity index (χ1) is 12.2. The zero-order valence-electron chi connectivity index (χ0n) is 13.4. The van der Waals surface area contributed by atoms with Gasteiger partial charge in [0.25, 0.3) is 5.56 Å². The maximum atomic E-state index is 13.0. The van der Waals surface area contributed by atoms with Crippen LogP contribution in [0, 0.1) is 18.3 Å². The van der Waals surface area contributed by atoms with Crippen molar-refractivity contribution in [3.63, 3.8) is 0 Å². The maximum absolute atomic E-state index is 13.0. The summed E-state index contributed by atoms with van der Waals surface area (Å²) in [6, 6.07) is 13.2. The van der Waals surface area contributed by atoms with Crippen LogP contribution in [0.5, 0.6) is 0 Å². The van der Waals surface area contributed by atoms with Gasteiger partial charge in [-0.1, -0.05) is 12.1 Å². The first kappa shape index (κ1) is 14.8. The summed E-state index contributed by atoms with van der Waals surface area (Å²) < 4.78 is 1.50. The van der Waals surface area contributed by atoms with E-state index in [0.717, 1.165) is 5.69 Å². The molecule has 4 aromatic rings. The van der Waals surface area contributed by atoms with E-state index in [1.165, 1.54) is 4.40 Å². The minimum Gasteiger partial charge on any atom is -0.360 e. The topological polar surface area (TPSA) is 83.1 Å². The highest BCUT2D eigenvalue weighted by Crippen LogP contribution is 2.17. The molecule has 25 heavy (non-hydrogen) atoms. The fourth-order valence-corrected chi connectivity index (χ4v) is 2.89. The highest BCUT2D eigenvalue weighted by molar-refractivity contribution is 5.82. The van der Waals surface area contributed by atoms with Gasteiger partial charge in [0.05, 0.1) is 33.7 Å². The third-order valence-corrected chi connectivity index (χ3v) is 4.15. The molecule has 0 spiro atoms. The van der Waals surface area contributed by atoms with Gasteiger partial charge < -0.3 is 5.32 Å². The molecule has 0 aliphatic heterocycles. The molecular formula is C19H13N5O. The first-order valence-electron chi connectivity index (χ1n) is 7.71. The number of para-hydroxylation sites is 2. The van der Waals surface area contributed by atoms with E-state index in [2.05, 4.69) is 21.4 Å². The number of imidazole rings is 1. The second-order valence-corrected chi connectivity index (χ2v) is 5.62. The number of nitrogens with one attached hydrogen (secondary N) is 1. The zero-order chi connectivity index (χ0) is 17.4. The molecule has 6 nitrogen and oxygen atoms in total. The first-order valence-corrected chi connectivity index (χ1v) is 7.71. The standard InChI is InChI=1S/C19H13N5O/c1-12-14(9-20)18-23-16-6-2-3-7-17(16)24(18)19(25)15(12)11-22-13-5-4-8-21-10-13/h2-8,10-11,22H,1H3. The molecule has 0 saturated carbocycles. The zero-order valence-corrected chi connectivity index (χ0v) is 13.4. The Hall–Kier alpha value is -3.72. The quantitative estimate of drug-likeness (QED) is 0.609. The number of hydrogen-bond donors (Lipinski definition) is 1. The molecule has 0 bridgehead atoms. The van der Waals surface area contributed by atoms with Gasteiger partial charge in [0, 0.05) is 12.4 Å². The molecule has 0 aliphatic carbocycles. The Kier molecular flexibility index (Phi) is 3.40. The molecule has 0 atom stereocenters. The molecule has 0 radical (unpaired) electrons. The molecule has 3 heterocycles. The summed E-state index contributed by atoms with van der Waals surface area (Å²) in [7, 11) is 0. The average Bonchev–Trinajstić information content (AvgIpc) is 3.02. The fourth-order valence-electron chi connectivity index (χ4n) is 2.89. The van der Waals surface area contributed by atoms with Crippen molar-refractivity contribution in [3.05, 3.63) is 75.5 Å². The Bertz CT molecular complexity index is 1250. The SMILES string of the molecule is Cc1c(C#N)c2nc3ccccc3n2c(=O)c1=CNc1cccnc1. The number of hydrogen-bond acceptors (Lipinski definition) is 5. The second kappa shape index (κ2) is 5.73. The Morgan fingerprint density at radius 2 is 2.08 bits per heavy atom. The van der Waals surface area contributed by atoms with Gasteiger partial charge in [0.1, 0.15) is 6.07 Å². The van der Waals surface area contributed by atoms with Gasteiger partial charge in [-0.25, -0.2) is 4.98 Å². The molecule has 0 amide bonds. The number of nitriles is 1. The lowest BCUT2D eigenvalue weighted by Crippen LogP contribution is -2.34. The van der Waals surface area contributed by atoms with Gasteiger partial charge in [0.2, 0.25) is 0 Å². The van der Waals surface area contributed by atoms with Crippen LogP contribution in [0.25, 0.3) is 22.9 Å². The molecule has 0 fully saturated rings. The van der Waals surface area contributed by atoms with Crippen molar-refractivity contribution in [2.45, 2.75) is 6.92 Å². The number of aromatic nitrogens is 3. The summed E-state index contributed by atoms with van der Waals surface area (Å²) >= 11 is 0. The Morgan fingerprint density at radius 3 is 2.84 bits per heavy atom. The summed E-state index contributed by atoms with van der Waals surface area (Å²) in [5.41, 5.74) is 3.32. The minimum absolute atomic E-state index is 0.211. The second-order valence-electron chi connectivity index (χ2n) is 5.62. The third kappa shape index (κ3) is 2.30. The normalized spacial score (nSPS) is 11.8. The van der Waals surface area contributed by atoms with Crippen LogP contribution in [0.2, 0.25) is 0 Å². The molecule has 1 aromatic carbocycles. The monoisotopic (exact) mass is 327 g/mol. The van der Waals surface area contributed by atoms with Crippen LogP contribution < -0.4 is 16.1 Å². The van der Waals surface area contributed by atoms with Gasteiger partial charge in [-0.05, 0) is 36.8 Å². The highest BCUT2D eigenvalue weighted by Gasteiger charge is 2.15. The van der Waals surface area contributed by atoms with Gasteiger partial charge in [-0.3, -0.25) is 14.2 Å². The molecule has 0 aliphatic rings. The van der Waals surface area contributed by atoms with E-state index in [4.69, 9.17) is 0 Å². The Labute approximate surface area is 142 Å². The summed E-state index contributed by atoms with van der Waals surface area (Å²) in [6.45, 7) is 1.76. The van der Waals surface area contributed by atoms with Gasteiger partial charge >= 0.3 is 0 Å². The third-order valence-electron chi connectivity index (χ3n) is 4.15. The van der Waals surface area contributed by atoms with Gasteiger partial charge in [-0.15, -0.1) is 0 Å². The molecule has 6 heteroatoms. The van der Waals surface area contributed by atoms with E-state index >= 15 is 0 Å². The largest absolute Gasteiger partial charge is 0.360 e. The molecule has 0 saturated heterocycles. The number of nitrogens with zero attached hydrogens (tertiary/aromatic N) is 4. The van der Waals surface area contributed by atoms with Crippen LogP contribution in [0.3, 0.4) is 0 Å². The van der Waals surface area contributed by atoms with E-state index < -0.39 is 0 Å². The molecule has 1 N–H and O–H groups in total. The molecule has 3 aromatic heterocycles. The highest BCUT2D eigenvalue weighted by atomic mass is 16.1. The number of pyridine rings is 2. The van der Waals surface area contributed by atoms with Crippen molar-refractivity contribution in [3.8, 4) is 6.07 Å². The van der Waals surface area contributed by atoms with Gasteiger partial charge in [0.15, 0.2) is 5.65 Å². The van der Waals surface area contributed by atoms with E-state index in [0.29, 0.717) is 33.0 Å². The van der Waals surface area contributed by atoms with Gasteiger partial charge in [-0.2, -0.15) is 5.26 Å². The maximum Gasteiger partial charge on any atom is 0.265 e. The number of rotatable bonds is 2. The van der Waals surface area contributed by atoms with Crippen molar-refractivity contribution in [2.24, 2.45) is 0 Å². The van der Waals surface area contributed by atoms with E-state index in [9.17, 15) is 10.1 Å². The average molecular weight is 327 g/mol. The molecule has 120 valence electrons. The van der Waals surface area contributed by atoms with E-state index in [-0.39, 0.29) is 5.56 Å². The number of anilines is 1. The summed E-state index contributed by atoms with van der Waals surface area (Å²) in [4.78, 5) is 21.5. The summed E-state index contributed by atoms with van der Waals surface area (Å²) in [6.07, 6.45) is 4.95. The number of fused-ring (bicyclic) bond motifs is 3. The van der Waals surface area contributed by atoms with Crippen molar-refractivity contribution >= 4 is 28.6 Å². The lowest BCUT2D eigenvalue weighted by molar-refractivity contribution is 1.10. The predicted molar refractivity (Wildman–Crippen MR) is 96.0 cm³/mol. The van der Waals surface area contributed by atoms with Crippen molar-refractivity contribution in [1.29, 1.82) is 5.26 Å². The summed E-state index contributed by atoms with van der Waals surface area (Å²) in [5.74, 6) is 0. The van der Waals surface area contributed by atoms with Crippen LogP contribution in [0.4, 0.5) is 5.69 Å². The molecule has 4 rings (SSSR count). The van der Waals surface area contributed by atoms with E-state index in [1.54, 1.807) is 31.6 Å². The van der Waals surface area contributed by atoms with Crippen molar-refractivity contribution in [1.82, 2.24) is 14.4 Å². The van der Waals surface area contributed by atoms with Crippen LogP contribution in [-0.4, -0.2) is 14.4 Å². The Balaban J connectivity index is 2.07. The minimum atomic E-state index is -0.211. The van der Waals surface area contributed by atoms with Crippen LogP contribution in [-0.2, 0) is 0 Å². The van der Waals surface area contributed by atoms with Crippen LogP contribution in [0.15, 0.2) is 53.6 Å². The lowest BCUT2D eigenvalue weighted by Gasteiger charge is -2.04. The van der Waals surface area contributed by atoms with Crippen LogP contribution >= 0.6 is 0 Å². The summed E-state index contributed by atoms with van der Waals surface area (Å²) in [5, 5.41) is 13.1.